The number of carboxylic acid groups (broad SMARTS) is 1. The predicted molar refractivity (Wildman–Crippen MR) is 56.2 cm³/mol. The van der Waals surface area contributed by atoms with Gasteiger partial charge in [0.1, 0.15) is 0 Å². The zero-order valence-electron chi connectivity index (χ0n) is 8.90. The van der Waals surface area contributed by atoms with Crippen molar-refractivity contribution in [3.63, 3.8) is 0 Å². The van der Waals surface area contributed by atoms with E-state index in [1.807, 2.05) is 0 Å². The molecule has 0 aliphatic carbocycles. The van der Waals surface area contributed by atoms with Crippen LogP contribution in [0.5, 0.6) is 0 Å². The number of halogens is 3. The van der Waals surface area contributed by atoms with E-state index in [0.717, 1.165) is 23.3 Å². The van der Waals surface area contributed by atoms with Gasteiger partial charge in [0.15, 0.2) is 0 Å². The molecule has 0 amide bonds. The lowest BCUT2D eigenvalue weighted by atomic mass is 10.1. The van der Waals surface area contributed by atoms with E-state index in [9.17, 15) is 18.0 Å². The Morgan fingerprint density at radius 1 is 1.50 bits per heavy atom. The van der Waals surface area contributed by atoms with Crippen molar-refractivity contribution in [1.29, 1.82) is 5.53 Å². The normalized spacial score (nSPS) is 10.8. The third-order valence-corrected chi connectivity index (χ3v) is 2.08. The van der Waals surface area contributed by atoms with Crippen molar-refractivity contribution in [2.24, 2.45) is 5.22 Å². The van der Waals surface area contributed by atoms with Gasteiger partial charge in [-0.2, -0.15) is 18.7 Å². The van der Waals surface area contributed by atoms with Crippen LogP contribution in [0.4, 0.5) is 18.9 Å². The second kappa shape index (κ2) is 4.86. The standard InChI is InChI=1S/C10H8F3N3O2/c1-2-16(15-14)6-3-4-7(9(17)18)8(5-6)10(11,12)13/h2-5,14H,1H2,(H,17,18). The summed E-state index contributed by atoms with van der Waals surface area (Å²) in [5.74, 6) is -1.68. The summed E-state index contributed by atoms with van der Waals surface area (Å²) in [6.45, 7) is 3.27. The zero-order valence-corrected chi connectivity index (χ0v) is 8.90. The topological polar surface area (TPSA) is 76.8 Å². The molecule has 0 bridgehead atoms. The van der Waals surface area contributed by atoms with Crippen molar-refractivity contribution in [3.05, 3.63) is 42.1 Å². The quantitative estimate of drug-likeness (QED) is 0.643. The molecule has 1 rings (SSSR count). The van der Waals surface area contributed by atoms with Crippen LogP contribution in [0.1, 0.15) is 15.9 Å². The van der Waals surface area contributed by atoms with Gasteiger partial charge in [0, 0.05) is 6.20 Å². The number of benzene rings is 1. The van der Waals surface area contributed by atoms with Crippen LogP contribution < -0.4 is 5.01 Å². The van der Waals surface area contributed by atoms with Gasteiger partial charge in [-0.15, -0.1) is 0 Å². The number of hydrogen-bond donors (Lipinski definition) is 2. The number of carbonyl (C=O) groups is 1. The Bertz CT molecular complexity index is 492. The van der Waals surface area contributed by atoms with Crippen molar-refractivity contribution in [2.75, 3.05) is 5.01 Å². The molecule has 1 aromatic carbocycles. The molecule has 18 heavy (non-hydrogen) atoms. The molecule has 0 unspecified atom stereocenters. The summed E-state index contributed by atoms with van der Waals surface area (Å²) in [4.78, 5) is 10.7. The average Bonchev–Trinajstić information content (AvgIpc) is 2.29. The van der Waals surface area contributed by atoms with E-state index < -0.39 is 23.3 Å². The van der Waals surface area contributed by atoms with Crippen molar-refractivity contribution in [3.8, 4) is 0 Å². The Morgan fingerprint density at radius 3 is 2.50 bits per heavy atom. The number of rotatable bonds is 4. The summed E-state index contributed by atoms with van der Waals surface area (Å²) in [7, 11) is 0. The van der Waals surface area contributed by atoms with Crippen molar-refractivity contribution < 1.29 is 23.1 Å². The Labute approximate surface area is 99.6 Å². The van der Waals surface area contributed by atoms with Gasteiger partial charge in [-0.1, -0.05) is 11.8 Å². The fraction of sp³-hybridized carbons (Fsp3) is 0.100. The summed E-state index contributed by atoms with van der Waals surface area (Å²) in [5, 5.41) is 12.4. The third-order valence-electron chi connectivity index (χ3n) is 2.08. The summed E-state index contributed by atoms with van der Waals surface area (Å²) in [6.07, 6.45) is -3.78. The first-order valence-corrected chi connectivity index (χ1v) is 4.55. The van der Waals surface area contributed by atoms with Gasteiger partial charge >= 0.3 is 12.1 Å². The smallest absolute Gasteiger partial charge is 0.417 e. The van der Waals surface area contributed by atoms with Crippen LogP contribution in [0.15, 0.2) is 36.2 Å². The highest BCUT2D eigenvalue weighted by Gasteiger charge is 2.35. The van der Waals surface area contributed by atoms with E-state index in [1.165, 1.54) is 0 Å². The SMILES string of the molecule is C=CN(N=N)c1ccc(C(=O)O)c(C(F)(F)F)c1. The molecule has 0 aliphatic rings. The minimum atomic E-state index is -4.81. The van der Waals surface area contributed by atoms with Crippen molar-refractivity contribution in [2.45, 2.75) is 6.18 Å². The highest BCUT2D eigenvalue weighted by molar-refractivity contribution is 5.90. The highest BCUT2D eigenvalue weighted by atomic mass is 19.4. The molecule has 96 valence electrons. The maximum Gasteiger partial charge on any atom is 0.417 e. The van der Waals surface area contributed by atoms with Crippen molar-refractivity contribution in [1.82, 2.24) is 0 Å². The van der Waals surface area contributed by atoms with Gasteiger partial charge in [0.2, 0.25) is 0 Å². The van der Waals surface area contributed by atoms with Crippen LogP contribution in [0, 0.1) is 5.53 Å². The first kappa shape index (κ1) is 13.7. The Kier molecular flexibility index (Phi) is 3.70. The van der Waals surface area contributed by atoms with Crippen LogP contribution in [0.3, 0.4) is 0 Å². The lowest BCUT2D eigenvalue weighted by Crippen LogP contribution is -2.15. The van der Waals surface area contributed by atoms with Gasteiger partial charge in [-0.25, -0.2) is 9.80 Å². The Hall–Kier alpha value is -2.38. The van der Waals surface area contributed by atoms with Crippen LogP contribution in [0.2, 0.25) is 0 Å². The van der Waals surface area contributed by atoms with Gasteiger partial charge in [-0.05, 0) is 18.2 Å². The van der Waals surface area contributed by atoms with Crippen LogP contribution in [0.25, 0.3) is 0 Å². The minimum absolute atomic E-state index is 0.0997. The average molecular weight is 259 g/mol. The molecule has 0 saturated carbocycles. The van der Waals surface area contributed by atoms with Crippen LogP contribution in [-0.4, -0.2) is 11.1 Å². The molecule has 0 heterocycles. The molecule has 2 N–H and O–H groups in total. The first-order chi connectivity index (χ1) is 8.31. The molecule has 0 saturated heterocycles. The monoisotopic (exact) mass is 259 g/mol. The lowest BCUT2D eigenvalue weighted by Gasteiger charge is -2.15. The fourth-order valence-electron chi connectivity index (χ4n) is 1.30. The molecule has 5 nitrogen and oxygen atoms in total. The first-order valence-electron chi connectivity index (χ1n) is 4.55. The van der Waals surface area contributed by atoms with E-state index in [4.69, 9.17) is 10.6 Å². The molecular formula is C10H8F3N3O2. The summed E-state index contributed by atoms with van der Waals surface area (Å²) >= 11 is 0. The number of nitrogens with one attached hydrogen (secondary N) is 1. The van der Waals surface area contributed by atoms with E-state index in [1.54, 1.807) is 0 Å². The van der Waals surface area contributed by atoms with Crippen LogP contribution in [-0.2, 0) is 6.18 Å². The highest BCUT2D eigenvalue weighted by Crippen LogP contribution is 2.34. The summed E-state index contributed by atoms with van der Waals surface area (Å²) in [5.41, 5.74) is 4.48. The van der Waals surface area contributed by atoms with Gasteiger partial charge in [0.25, 0.3) is 0 Å². The molecule has 1 aromatic rings. The third kappa shape index (κ3) is 2.65. The Morgan fingerprint density at radius 2 is 2.11 bits per heavy atom. The number of alkyl halides is 3. The molecule has 0 spiro atoms. The number of hydrogen-bond acceptors (Lipinski definition) is 3. The Balaban J connectivity index is 3.43. The molecule has 0 aromatic heterocycles. The maximum absolute atomic E-state index is 12.7. The van der Waals surface area contributed by atoms with E-state index in [2.05, 4.69) is 11.8 Å². The van der Waals surface area contributed by atoms with Crippen LogP contribution >= 0.6 is 0 Å². The van der Waals surface area contributed by atoms with E-state index >= 15 is 0 Å². The summed E-state index contributed by atoms with van der Waals surface area (Å²) in [6, 6.07) is 2.52. The lowest BCUT2D eigenvalue weighted by molar-refractivity contribution is -0.138. The number of nitrogens with zero attached hydrogens (tertiary/aromatic N) is 2. The molecular weight excluding hydrogens is 251 g/mol. The maximum atomic E-state index is 12.7. The van der Waals surface area contributed by atoms with Gasteiger partial charge in [0.05, 0.1) is 16.8 Å². The molecule has 0 aliphatic heterocycles. The van der Waals surface area contributed by atoms with Crippen molar-refractivity contribution >= 4 is 11.7 Å². The predicted octanol–water partition coefficient (Wildman–Crippen LogP) is 3.30. The number of carboxylic acids is 1. The second-order valence-electron chi connectivity index (χ2n) is 3.16. The fourth-order valence-corrected chi connectivity index (χ4v) is 1.30. The largest absolute Gasteiger partial charge is 0.478 e. The summed E-state index contributed by atoms with van der Waals surface area (Å²) < 4.78 is 38.0. The number of aromatic carboxylic acids is 1. The molecule has 8 heteroatoms. The van der Waals surface area contributed by atoms with Gasteiger partial charge in [-0.3, -0.25) is 0 Å². The van der Waals surface area contributed by atoms with E-state index in [0.29, 0.717) is 6.07 Å². The minimum Gasteiger partial charge on any atom is -0.478 e. The zero-order chi connectivity index (χ0) is 13.9. The molecule has 0 atom stereocenters. The molecule has 0 fully saturated rings. The number of anilines is 1. The second-order valence-corrected chi connectivity index (χ2v) is 3.16. The van der Waals surface area contributed by atoms with Gasteiger partial charge < -0.3 is 5.11 Å². The molecule has 0 radical (unpaired) electrons. The van der Waals surface area contributed by atoms with E-state index in [-0.39, 0.29) is 5.69 Å².